The van der Waals surface area contributed by atoms with Crippen LogP contribution in [0.15, 0.2) is 18.2 Å². The van der Waals surface area contributed by atoms with Gasteiger partial charge in [0.05, 0.1) is 0 Å². The topological polar surface area (TPSA) is 73.5 Å². The molecule has 0 spiro atoms. The molecule has 1 aromatic carbocycles. The van der Waals surface area contributed by atoms with E-state index in [1.807, 2.05) is 13.0 Å². The van der Waals surface area contributed by atoms with Crippen LogP contribution in [0.2, 0.25) is 0 Å². The molecule has 0 atom stereocenters. The van der Waals surface area contributed by atoms with Crippen molar-refractivity contribution in [3.63, 3.8) is 0 Å². The van der Waals surface area contributed by atoms with Crippen LogP contribution in [0.25, 0.3) is 0 Å². The molecule has 0 unspecified atom stereocenters. The second-order valence-electron chi connectivity index (χ2n) is 6.19. The van der Waals surface area contributed by atoms with Crippen LogP contribution in [0.4, 0.5) is 10.5 Å². The zero-order valence-electron chi connectivity index (χ0n) is 14.8. The minimum Gasteiger partial charge on any atom is -0.349 e. The van der Waals surface area contributed by atoms with Crippen LogP contribution >= 0.6 is 0 Å². The van der Waals surface area contributed by atoms with Crippen LogP contribution in [0.5, 0.6) is 0 Å². The van der Waals surface area contributed by atoms with Gasteiger partial charge in [-0.25, -0.2) is 4.79 Å². The lowest BCUT2D eigenvalue weighted by Crippen LogP contribution is -2.37. The van der Waals surface area contributed by atoms with Gasteiger partial charge >= 0.3 is 6.03 Å². The van der Waals surface area contributed by atoms with E-state index in [1.54, 1.807) is 12.1 Å². The second-order valence-corrected chi connectivity index (χ2v) is 6.19. The zero-order valence-corrected chi connectivity index (χ0v) is 14.8. The fraction of sp³-hybridized carbons (Fsp3) is 0.556. The second kappa shape index (κ2) is 8.68. The Bertz CT molecular complexity index is 580. The molecule has 6 heteroatoms. The maximum absolute atomic E-state index is 12.1. The monoisotopic (exact) mass is 332 g/mol. The van der Waals surface area contributed by atoms with Crippen LogP contribution < -0.4 is 16.0 Å². The number of nitrogens with one attached hydrogen (secondary N) is 3. The number of carbonyl (C=O) groups excluding carboxylic acids is 2. The molecule has 1 fully saturated rings. The molecule has 2 rings (SSSR count). The van der Waals surface area contributed by atoms with Crippen molar-refractivity contribution in [2.24, 2.45) is 0 Å². The van der Waals surface area contributed by atoms with Crippen molar-refractivity contribution in [1.82, 2.24) is 15.5 Å². The fourth-order valence-corrected chi connectivity index (χ4v) is 2.43. The molecule has 0 bridgehead atoms. The molecule has 0 saturated heterocycles. The van der Waals surface area contributed by atoms with Crippen LogP contribution in [-0.4, -0.2) is 49.1 Å². The summed E-state index contributed by atoms with van der Waals surface area (Å²) in [6.45, 7) is 9.47. The van der Waals surface area contributed by atoms with E-state index < -0.39 is 0 Å². The van der Waals surface area contributed by atoms with E-state index in [9.17, 15) is 9.59 Å². The van der Waals surface area contributed by atoms with Gasteiger partial charge in [0, 0.05) is 30.4 Å². The number of amides is 3. The van der Waals surface area contributed by atoms with Gasteiger partial charge in [-0.05, 0) is 50.6 Å². The van der Waals surface area contributed by atoms with Gasteiger partial charge in [-0.2, -0.15) is 0 Å². The van der Waals surface area contributed by atoms with Crippen molar-refractivity contribution in [3.05, 3.63) is 29.3 Å². The largest absolute Gasteiger partial charge is 0.349 e. The number of hydrogen-bond acceptors (Lipinski definition) is 3. The first kappa shape index (κ1) is 18.3. The third-order valence-electron chi connectivity index (χ3n) is 4.27. The molecule has 0 heterocycles. The lowest BCUT2D eigenvalue weighted by Gasteiger charge is -2.18. The number of aryl methyl sites for hydroxylation is 1. The normalized spacial score (nSPS) is 13.7. The molecule has 3 amide bonds. The van der Waals surface area contributed by atoms with Crippen molar-refractivity contribution >= 4 is 17.6 Å². The Morgan fingerprint density at radius 1 is 1.21 bits per heavy atom. The van der Waals surface area contributed by atoms with Crippen LogP contribution in [0.3, 0.4) is 0 Å². The lowest BCUT2D eigenvalue weighted by atomic mass is 10.1. The van der Waals surface area contributed by atoms with E-state index in [0.717, 1.165) is 38.0 Å². The van der Waals surface area contributed by atoms with Gasteiger partial charge in [-0.1, -0.05) is 19.9 Å². The summed E-state index contributed by atoms with van der Waals surface area (Å²) >= 11 is 0. The minimum atomic E-state index is -0.245. The predicted molar refractivity (Wildman–Crippen MR) is 96.5 cm³/mol. The summed E-state index contributed by atoms with van der Waals surface area (Å²) < 4.78 is 0. The number of nitrogens with zero attached hydrogens (tertiary/aromatic N) is 1. The SMILES string of the molecule is CCN(CC)CCNC(=O)Nc1cc(C(=O)NC2CC2)ccc1C. The van der Waals surface area contributed by atoms with E-state index in [0.29, 0.717) is 23.8 Å². The zero-order chi connectivity index (χ0) is 17.5. The number of urea groups is 1. The highest BCUT2D eigenvalue weighted by atomic mass is 16.2. The summed E-state index contributed by atoms with van der Waals surface area (Å²) in [7, 11) is 0. The van der Waals surface area contributed by atoms with E-state index in [1.165, 1.54) is 0 Å². The molecular formula is C18H28N4O2. The van der Waals surface area contributed by atoms with Crippen LogP contribution in [-0.2, 0) is 0 Å². The average Bonchev–Trinajstić information content (AvgIpc) is 3.37. The molecule has 6 nitrogen and oxygen atoms in total. The molecule has 1 aliphatic carbocycles. The van der Waals surface area contributed by atoms with Gasteiger partial charge in [0.1, 0.15) is 0 Å². The molecular weight excluding hydrogens is 304 g/mol. The highest BCUT2D eigenvalue weighted by Crippen LogP contribution is 2.21. The standard InChI is InChI=1S/C18H28N4O2/c1-4-22(5-2)11-10-19-18(24)21-16-12-14(7-6-13(16)3)17(23)20-15-8-9-15/h6-7,12,15H,4-5,8-11H2,1-3H3,(H,20,23)(H2,19,21,24). The third kappa shape index (κ3) is 5.53. The van der Waals surface area contributed by atoms with Crippen molar-refractivity contribution in [2.45, 2.75) is 39.7 Å². The molecule has 0 radical (unpaired) electrons. The highest BCUT2D eigenvalue weighted by Gasteiger charge is 2.24. The lowest BCUT2D eigenvalue weighted by molar-refractivity contribution is 0.0951. The van der Waals surface area contributed by atoms with Crippen LogP contribution in [0, 0.1) is 6.92 Å². The number of carbonyl (C=O) groups is 2. The third-order valence-corrected chi connectivity index (χ3v) is 4.27. The van der Waals surface area contributed by atoms with Crippen molar-refractivity contribution in [3.8, 4) is 0 Å². The van der Waals surface area contributed by atoms with Gasteiger partial charge in [0.25, 0.3) is 5.91 Å². The Kier molecular flexibility index (Phi) is 6.61. The van der Waals surface area contributed by atoms with E-state index in [4.69, 9.17) is 0 Å². The van der Waals surface area contributed by atoms with Gasteiger partial charge in [0.15, 0.2) is 0 Å². The summed E-state index contributed by atoms with van der Waals surface area (Å²) in [6.07, 6.45) is 2.11. The summed E-state index contributed by atoms with van der Waals surface area (Å²) in [5.41, 5.74) is 2.17. The first-order valence-electron chi connectivity index (χ1n) is 8.72. The molecule has 1 aromatic rings. The van der Waals surface area contributed by atoms with E-state index in [2.05, 4.69) is 34.7 Å². The number of rotatable bonds is 8. The van der Waals surface area contributed by atoms with Gasteiger partial charge in [-0.15, -0.1) is 0 Å². The average molecular weight is 332 g/mol. The number of hydrogen-bond donors (Lipinski definition) is 3. The Hall–Kier alpha value is -2.08. The summed E-state index contributed by atoms with van der Waals surface area (Å²) in [6, 6.07) is 5.45. The Morgan fingerprint density at radius 3 is 2.54 bits per heavy atom. The van der Waals surface area contributed by atoms with Crippen molar-refractivity contribution in [1.29, 1.82) is 0 Å². The number of anilines is 1. The predicted octanol–water partition coefficient (Wildman–Crippen LogP) is 2.35. The van der Waals surface area contributed by atoms with Gasteiger partial charge < -0.3 is 20.9 Å². The Labute approximate surface area is 144 Å². The summed E-state index contributed by atoms with van der Waals surface area (Å²) in [5, 5.41) is 8.65. The first-order valence-corrected chi connectivity index (χ1v) is 8.72. The fourth-order valence-electron chi connectivity index (χ4n) is 2.43. The quantitative estimate of drug-likeness (QED) is 0.684. The van der Waals surface area contributed by atoms with E-state index >= 15 is 0 Å². The molecule has 132 valence electrons. The number of benzene rings is 1. The van der Waals surface area contributed by atoms with Gasteiger partial charge in [0.2, 0.25) is 0 Å². The molecule has 3 N–H and O–H groups in total. The van der Waals surface area contributed by atoms with Gasteiger partial charge in [-0.3, -0.25) is 4.79 Å². The van der Waals surface area contributed by atoms with E-state index in [-0.39, 0.29) is 11.9 Å². The number of likely N-dealkylation sites (N-methyl/N-ethyl adjacent to an activating group) is 1. The molecule has 1 saturated carbocycles. The minimum absolute atomic E-state index is 0.0810. The summed E-state index contributed by atoms with van der Waals surface area (Å²) in [5.74, 6) is -0.0810. The maximum atomic E-state index is 12.1. The maximum Gasteiger partial charge on any atom is 0.319 e. The molecule has 24 heavy (non-hydrogen) atoms. The Morgan fingerprint density at radius 2 is 1.92 bits per heavy atom. The van der Waals surface area contributed by atoms with Crippen LogP contribution in [0.1, 0.15) is 42.6 Å². The van der Waals surface area contributed by atoms with Crippen molar-refractivity contribution in [2.75, 3.05) is 31.5 Å². The van der Waals surface area contributed by atoms with Crippen molar-refractivity contribution < 1.29 is 9.59 Å². The summed E-state index contributed by atoms with van der Waals surface area (Å²) in [4.78, 5) is 26.4. The molecule has 0 aliphatic heterocycles. The highest BCUT2D eigenvalue weighted by molar-refractivity contribution is 5.97. The first-order chi connectivity index (χ1) is 11.5. The Balaban J connectivity index is 1.88. The molecule has 0 aromatic heterocycles. The smallest absolute Gasteiger partial charge is 0.319 e. The molecule has 1 aliphatic rings.